The van der Waals surface area contributed by atoms with Crippen LogP contribution in [0.25, 0.3) is 0 Å². The van der Waals surface area contributed by atoms with E-state index in [1.165, 1.54) is 25.7 Å². The lowest BCUT2D eigenvalue weighted by Crippen LogP contribution is -2.59. The van der Waals surface area contributed by atoms with Gasteiger partial charge in [0.05, 0.1) is 18.1 Å². The van der Waals surface area contributed by atoms with E-state index in [1.807, 2.05) is 13.8 Å². The number of aliphatic hydroxyl groups is 1. The molecule has 0 heterocycles. The van der Waals surface area contributed by atoms with Gasteiger partial charge in [-0.1, -0.05) is 27.7 Å². The van der Waals surface area contributed by atoms with E-state index in [2.05, 4.69) is 32.6 Å². The molecule has 0 aliphatic heterocycles. The molecule has 35 heavy (non-hydrogen) atoms. The summed E-state index contributed by atoms with van der Waals surface area (Å²) in [4.78, 5) is 17.0. The van der Waals surface area contributed by atoms with Crippen LogP contribution in [-0.2, 0) is 14.4 Å². The lowest BCUT2D eigenvalue weighted by molar-refractivity contribution is -0.243. The summed E-state index contributed by atoms with van der Waals surface area (Å²) in [5, 5.41) is 20.4. The van der Waals surface area contributed by atoms with E-state index in [1.54, 1.807) is 0 Å². The predicted octanol–water partition coefficient (Wildman–Crippen LogP) is 6.87. The molecule has 4 aliphatic carbocycles. The van der Waals surface area contributed by atoms with E-state index in [-0.39, 0.29) is 29.0 Å². The number of hydrogen-bond donors (Lipinski definition) is 2. The molecule has 0 aromatic rings. The quantitative estimate of drug-likeness (QED) is 0.167. The van der Waals surface area contributed by atoms with Gasteiger partial charge in [0.1, 0.15) is 6.10 Å². The van der Waals surface area contributed by atoms with E-state index < -0.39 is 5.41 Å². The molecule has 4 fully saturated rings. The molecule has 0 radical (unpaired) electrons. The number of hydrogen-bond acceptors (Lipinski definition) is 5. The number of ether oxygens (including phenoxy) is 1. The summed E-state index contributed by atoms with van der Waals surface area (Å²) in [7, 11) is 0. The van der Waals surface area contributed by atoms with Crippen LogP contribution in [0.5, 0.6) is 0 Å². The minimum absolute atomic E-state index is 0.00230. The smallest absolute Gasteiger partial charge is 0.311 e. The first kappa shape index (κ1) is 27.4. The fourth-order valence-electron chi connectivity index (χ4n) is 9.38. The van der Waals surface area contributed by atoms with Gasteiger partial charge in [-0.15, -0.1) is 0 Å². The maximum absolute atomic E-state index is 12.7. The Morgan fingerprint density at radius 2 is 1.83 bits per heavy atom. The molecular weight excluding hydrogens is 440 g/mol. The minimum atomic E-state index is -0.405. The molecule has 5 nitrogen and oxygen atoms in total. The molecular formula is C30H52O5. The van der Waals surface area contributed by atoms with Crippen LogP contribution in [0.1, 0.15) is 112 Å². The number of carbonyl (C=O) groups excluding carboxylic acids is 1. The van der Waals surface area contributed by atoms with Crippen molar-refractivity contribution in [1.29, 1.82) is 0 Å². The molecule has 202 valence electrons. The Hall–Kier alpha value is -0.650. The molecule has 4 aliphatic rings. The number of aliphatic hydroxyl groups excluding tert-OH is 1. The third-order valence-electron chi connectivity index (χ3n) is 12.1. The highest BCUT2D eigenvalue weighted by Gasteiger charge is 2.63. The summed E-state index contributed by atoms with van der Waals surface area (Å²) >= 11 is 0. The van der Waals surface area contributed by atoms with Crippen LogP contribution in [0, 0.1) is 51.8 Å². The van der Waals surface area contributed by atoms with E-state index in [9.17, 15) is 9.90 Å². The fourth-order valence-corrected chi connectivity index (χ4v) is 9.38. The molecule has 5 heteroatoms. The highest BCUT2D eigenvalue weighted by atomic mass is 17.1. The molecule has 10 unspecified atom stereocenters. The van der Waals surface area contributed by atoms with Crippen LogP contribution in [0.15, 0.2) is 0 Å². The van der Waals surface area contributed by atoms with Gasteiger partial charge in [-0.05, 0) is 131 Å². The summed E-state index contributed by atoms with van der Waals surface area (Å²) in [5.74, 6) is 3.53. The Kier molecular flexibility index (Phi) is 8.02. The van der Waals surface area contributed by atoms with Crippen LogP contribution in [0.2, 0.25) is 0 Å². The summed E-state index contributed by atoms with van der Waals surface area (Å²) in [6.07, 6.45) is 11.5. The van der Waals surface area contributed by atoms with Crippen LogP contribution in [0.3, 0.4) is 0 Å². The Balaban J connectivity index is 1.45. The number of fused-ring (bicyclic) bond motifs is 5. The molecule has 0 aromatic heterocycles. The van der Waals surface area contributed by atoms with Crippen molar-refractivity contribution in [3.63, 3.8) is 0 Å². The zero-order valence-electron chi connectivity index (χ0n) is 23.2. The van der Waals surface area contributed by atoms with Gasteiger partial charge in [0.15, 0.2) is 0 Å². The van der Waals surface area contributed by atoms with Gasteiger partial charge in [0, 0.05) is 0 Å². The van der Waals surface area contributed by atoms with E-state index in [0.717, 1.165) is 44.9 Å². The zero-order valence-corrected chi connectivity index (χ0v) is 23.2. The average molecular weight is 493 g/mol. The first-order valence-electron chi connectivity index (χ1n) is 14.6. The van der Waals surface area contributed by atoms with Crippen molar-refractivity contribution in [2.24, 2.45) is 51.8 Å². The predicted molar refractivity (Wildman–Crippen MR) is 138 cm³/mol. The molecule has 0 bridgehead atoms. The summed E-state index contributed by atoms with van der Waals surface area (Å²) in [6, 6.07) is 0. The Morgan fingerprint density at radius 3 is 2.51 bits per heavy atom. The van der Waals surface area contributed by atoms with Gasteiger partial charge >= 0.3 is 5.97 Å². The van der Waals surface area contributed by atoms with Gasteiger partial charge in [0.2, 0.25) is 0 Å². The highest BCUT2D eigenvalue weighted by Crippen LogP contribution is 2.68. The molecule has 0 saturated heterocycles. The third-order valence-corrected chi connectivity index (χ3v) is 12.1. The van der Waals surface area contributed by atoms with Crippen molar-refractivity contribution in [3.8, 4) is 0 Å². The highest BCUT2D eigenvalue weighted by molar-refractivity contribution is 5.76. The largest absolute Gasteiger partial charge is 0.462 e. The minimum Gasteiger partial charge on any atom is -0.462 e. The fraction of sp³-hybridized carbons (Fsp3) is 0.967. The number of esters is 1. The maximum atomic E-state index is 12.7. The number of rotatable bonds is 8. The van der Waals surface area contributed by atoms with E-state index >= 15 is 0 Å². The van der Waals surface area contributed by atoms with Crippen molar-refractivity contribution in [2.75, 3.05) is 6.61 Å². The maximum Gasteiger partial charge on any atom is 0.311 e. The molecule has 0 amide bonds. The van der Waals surface area contributed by atoms with Crippen LogP contribution < -0.4 is 0 Å². The Labute approximate surface area is 213 Å². The summed E-state index contributed by atoms with van der Waals surface area (Å²) < 4.78 is 6.05. The van der Waals surface area contributed by atoms with Crippen molar-refractivity contribution in [3.05, 3.63) is 0 Å². The van der Waals surface area contributed by atoms with Crippen molar-refractivity contribution >= 4 is 5.97 Å². The summed E-state index contributed by atoms with van der Waals surface area (Å²) in [6.45, 7) is 13.7. The van der Waals surface area contributed by atoms with Gasteiger partial charge in [0.25, 0.3) is 0 Å². The van der Waals surface area contributed by atoms with Crippen LogP contribution in [0.4, 0.5) is 0 Å². The lowest BCUT2D eigenvalue weighted by Gasteiger charge is -2.62. The zero-order chi connectivity index (χ0) is 25.6. The molecule has 2 N–H and O–H groups in total. The van der Waals surface area contributed by atoms with Crippen molar-refractivity contribution in [1.82, 2.24) is 0 Å². The Morgan fingerprint density at radius 1 is 1.09 bits per heavy atom. The lowest BCUT2D eigenvalue weighted by atomic mass is 9.43. The molecule has 10 atom stereocenters. The standard InChI is InChI=1S/C30H52O5/c1-7-28(3,4)27(32)35-21-14-15-29(5)20(17-21)10-11-22-24-13-12-23(19(2)9-8-16-34-33)30(24,6)26(31)18-25(22)29/h19-26,31,33H,7-18H2,1-6H3. The van der Waals surface area contributed by atoms with Crippen molar-refractivity contribution in [2.45, 2.75) is 124 Å². The second-order valence-corrected chi connectivity index (χ2v) is 14.0. The summed E-state index contributed by atoms with van der Waals surface area (Å²) in [5.41, 5.74) is -0.156. The van der Waals surface area contributed by atoms with Crippen LogP contribution >= 0.6 is 0 Å². The SMILES string of the molecule is CCC(C)(C)C(=O)OC1CCC2(C)C(CCC3C2CC(O)C2(C)C(C(C)CCCOO)CCC32)C1. The monoisotopic (exact) mass is 492 g/mol. The Bertz CT molecular complexity index is 751. The van der Waals surface area contributed by atoms with Gasteiger partial charge < -0.3 is 9.84 Å². The van der Waals surface area contributed by atoms with Gasteiger partial charge in [-0.25, -0.2) is 4.89 Å². The topological polar surface area (TPSA) is 76.0 Å². The molecule has 4 saturated carbocycles. The van der Waals surface area contributed by atoms with E-state index in [4.69, 9.17) is 9.99 Å². The normalized spacial score (nSPS) is 44.2. The molecule has 0 aromatic carbocycles. The first-order valence-corrected chi connectivity index (χ1v) is 14.6. The molecule has 0 spiro atoms. The second kappa shape index (κ2) is 10.3. The molecule has 4 rings (SSSR count). The first-order chi connectivity index (χ1) is 16.5. The van der Waals surface area contributed by atoms with Gasteiger partial charge in [-0.3, -0.25) is 10.1 Å². The van der Waals surface area contributed by atoms with Gasteiger partial charge in [-0.2, -0.15) is 0 Å². The van der Waals surface area contributed by atoms with Crippen LogP contribution in [-0.4, -0.2) is 35.1 Å². The van der Waals surface area contributed by atoms with E-state index in [0.29, 0.717) is 42.1 Å². The second-order valence-electron chi connectivity index (χ2n) is 14.0. The average Bonchev–Trinajstić information content (AvgIpc) is 3.19. The van der Waals surface area contributed by atoms with Crippen molar-refractivity contribution < 1.29 is 24.8 Å². The third kappa shape index (κ3) is 4.72. The number of carbonyl (C=O) groups is 1.